The second-order valence-corrected chi connectivity index (χ2v) is 7.06. The lowest BCUT2D eigenvalue weighted by Crippen LogP contribution is -2.31. The highest BCUT2D eigenvalue weighted by Gasteiger charge is 2.32. The van der Waals surface area contributed by atoms with E-state index in [4.69, 9.17) is 4.98 Å². The molecule has 0 saturated carbocycles. The first-order chi connectivity index (χ1) is 12.2. The highest BCUT2D eigenvalue weighted by Crippen LogP contribution is 2.35. The summed E-state index contributed by atoms with van der Waals surface area (Å²) in [5.41, 5.74) is 3.03. The van der Waals surface area contributed by atoms with Gasteiger partial charge in [0, 0.05) is 30.9 Å². The predicted molar refractivity (Wildman–Crippen MR) is 99.9 cm³/mol. The molecule has 25 heavy (non-hydrogen) atoms. The number of nitrogens with zero attached hydrogens (tertiary/aromatic N) is 3. The summed E-state index contributed by atoms with van der Waals surface area (Å²) >= 11 is 0. The Morgan fingerprint density at radius 2 is 1.76 bits per heavy atom. The smallest absolute Gasteiger partial charge is 0.254 e. The maximum Gasteiger partial charge on any atom is 0.254 e. The van der Waals surface area contributed by atoms with Crippen molar-refractivity contribution < 1.29 is 4.79 Å². The fourth-order valence-electron chi connectivity index (χ4n) is 4.11. The molecule has 1 aromatic carbocycles. The van der Waals surface area contributed by atoms with Crippen molar-refractivity contribution in [2.45, 2.75) is 38.6 Å². The second-order valence-electron chi connectivity index (χ2n) is 7.06. The maximum atomic E-state index is 12.9. The van der Waals surface area contributed by atoms with Crippen LogP contribution in [0.5, 0.6) is 0 Å². The number of amides is 1. The molecule has 0 spiro atoms. The first-order valence-corrected chi connectivity index (χ1v) is 9.32. The molecule has 2 saturated heterocycles. The average molecular weight is 335 g/mol. The number of rotatable bonds is 3. The molecule has 4 heteroatoms. The SMILES string of the molecule is Cc1nc(N2CCCC2)ccc1[C@@H]1CCCN1C(=O)c1ccccc1. The van der Waals surface area contributed by atoms with Gasteiger partial charge in [0.1, 0.15) is 5.82 Å². The van der Waals surface area contributed by atoms with Gasteiger partial charge in [-0.25, -0.2) is 4.98 Å². The van der Waals surface area contributed by atoms with Gasteiger partial charge in [-0.1, -0.05) is 24.3 Å². The number of likely N-dealkylation sites (tertiary alicyclic amines) is 1. The third kappa shape index (κ3) is 3.13. The summed E-state index contributed by atoms with van der Waals surface area (Å²) in [6, 6.07) is 14.1. The summed E-state index contributed by atoms with van der Waals surface area (Å²) in [4.78, 5) is 22.2. The molecule has 4 nitrogen and oxygen atoms in total. The molecule has 1 atom stereocenters. The molecule has 0 aliphatic carbocycles. The number of carbonyl (C=O) groups is 1. The van der Waals surface area contributed by atoms with Crippen LogP contribution >= 0.6 is 0 Å². The van der Waals surface area contributed by atoms with Crippen LogP contribution in [0.25, 0.3) is 0 Å². The lowest BCUT2D eigenvalue weighted by Gasteiger charge is -2.27. The van der Waals surface area contributed by atoms with Gasteiger partial charge in [-0.05, 0) is 56.4 Å². The van der Waals surface area contributed by atoms with E-state index in [9.17, 15) is 4.79 Å². The van der Waals surface area contributed by atoms with Crippen molar-refractivity contribution in [1.82, 2.24) is 9.88 Å². The van der Waals surface area contributed by atoms with Gasteiger partial charge in [-0.15, -0.1) is 0 Å². The van der Waals surface area contributed by atoms with Crippen molar-refractivity contribution in [3.63, 3.8) is 0 Å². The van der Waals surface area contributed by atoms with E-state index in [0.717, 1.165) is 49.6 Å². The van der Waals surface area contributed by atoms with Crippen LogP contribution in [0.1, 0.15) is 53.3 Å². The standard InChI is InChI=1S/C21H25N3O/c1-16-18(11-12-20(22-16)23-13-5-6-14-23)19-10-7-15-24(19)21(25)17-8-3-2-4-9-17/h2-4,8-9,11-12,19H,5-7,10,13-15H2,1H3/t19-/m0/s1. The van der Waals surface area contributed by atoms with E-state index in [1.165, 1.54) is 18.4 Å². The number of pyridine rings is 1. The van der Waals surface area contributed by atoms with Gasteiger partial charge >= 0.3 is 0 Å². The average Bonchev–Trinajstić information content (AvgIpc) is 3.33. The van der Waals surface area contributed by atoms with Gasteiger partial charge in [0.25, 0.3) is 5.91 Å². The molecule has 1 amide bonds. The molecule has 2 aliphatic rings. The Bertz CT molecular complexity index is 753. The van der Waals surface area contributed by atoms with E-state index in [1.54, 1.807) is 0 Å². The van der Waals surface area contributed by atoms with Crippen LogP contribution in [0.2, 0.25) is 0 Å². The molecule has 2 aromatic rings. The van der Waals surface area contributed by atoms with Gasteiger partial charge in [0.15, 0.2) is 0 Å². The Morgan fingerprint density at radius 3 is 2.48 bits per heavy atom. The van der Waals surface area contributed by atoms with Crippen LogP contribution in [0.4, 0.5) is 5.82 Å². The third-order valence-electron chi connectivity index (χ3n) is 5.44. The number of aryl methyl sites for hydroxylation is 1. The van der Waals surface area contributed by atoms with Gasteiger partial charge < -0.3 is 9.80 Å². The monoisotopic (exact) mass is 335 g/mol. The van der Waals surface area contributed by atoms with Crippen molar-refractivity contribution in [1.29, 1.82) is 0 Å². The van der Waals surface area contributed by atoms with E-state index in [-0.39, 0.29) is 11.9 Å². The van der Waals surface area contributed by atoms with E-state index < -0.39 is 0 Å². The Labute approximate surface area is 149 Å². The van der Waals surface area contributed by atoms with Crippen LogP contribution in [0.15, 0.2) is 42.5 Å². The third-order valence-corrected chi connectivity index (χ3v) is 5.44. The number of hydrogen-bond donors (Lipinski definition) is 0. The Morgan fingerprint density at radius 1 is 1.00 bits per heavy atom. The van der Waals surface area contributed by atoms with Crippen LogP contribution in [-0.4, -0.2) is 35.4 Å². The number of benzene rings is 1. The molecule has 0 bridgehead atoms. The highest BCUT2D eigenvalue weighted by atomic mass is 16.2. The molecular weight excluding hydrogens is 310 g/mol. The minimum Gasteiger partial charge on any atom is -0.357 e. The largest absolute Gasteiger partial charge is 0.357 e. The van der Waals surface area contributed by atoms with Gasteiger partial charge in [-0.2, -0.15) is 0 Å². The zero-order valence-corrected chi connectivity index (χ0v) is 14.8. The first kappa shape index (κ1) is 16.1. The Kier molecular flexibility index (Phi) is 4.43. The molecule has 0 unspecified atom stereocenters. The zero-order valence-electron chi connectivity index (χ0n) is 14.8. The fraction of sp³-hybridized carbons (Fsp3) is 0.429. The number of aromatic nitrogens is 1. The Balaban J connectivity index is 1.58. The molecule has 3 heterocycles. The molecule has 2 fully saturated rings. The van der Waals surface area contributed by atoms with E-state index >= 15 is 0 Å². The first-order valence-electron chi connectivity index (χ1n) is 9.32. The van der Waals surface area contributed by atoms with Crippen molar-refractivity contribution >= 4 is 11.7 Å². The summed E-state index contributed by atoms with van der Waals surface area (Å²) in [6.07, 6.45) is 4.58. The highest BCUT2D eigenvalue weighted by molar-refractivity contribution is 5.94. The summed E-state index contributed by atoms with van der Waals surface area (Å²) in [6.45, 7) is 5.12. The maximum absolute atomic E-state index is 12.9. The summed E-state index contributed by atoms with van der Waals surface area (Å²) in [5.74, 6) is 1.21. The van der Waals surface area contributed by atoms with Crippen molar-refractivity contribution in [3.05, 3.63) is 59.3 Å². The normalized spacial score (nSPS) is 20.3. The molecule has 0 N–H and O–H groups in total. The molecule has 4 rings (SSSR count). The molecule has 1 aromatic heterocycles. The van der Waals surface area contributed by atoms with Gasteiger partial charge in [0.05, 0.1) is 6.04 Å². The summed E-state index contributed by atoms with van der Waals surface area (Å²) in [7, 11) is 0. The van der Waals surface area contributed by atoms with Crippen LogP contribution in [0, 0.1) is 6.92 Å². The van der Waals surface area contributed by atoms with Crippen molar-refractivity contribution in [3.8, 4) is 0 Å². The number of carbonyl (C=O) groups excluding carboxylic acids is 1. The molecule has 130 valence electrons. The van der Waals surface area contributed by atoms with Crippen LogP contribution in [-0.2, 0) is 0 Å². The van der Waals surface area contributed by atoms with Crippen molar-refractivity contribution in [2.75, 3.05) is 24.5 Å². The molecule has 2 aliphatic heterocycles. The Hall–Kier alpha value is -2.36. The fourth-order valence-corrected chi connectivity index (χ4v) is 4.11. The van der Waals surface area contributed by atoms with Crippen molar-refractivity contribution in [2.24, 2.45) is 0 Å². The van der Waals surface area contributed by atoms with Gasteiger partial charge in [-0.3, -0.25) is 4.79 Å². The summed E-state index contributed by atoms with van der Waals surface area (Å²) in [5, 5.41) is 0. The number of anilines is 1. The van der Waals surface area contributed by atoms with Crippen LogP contribution in [0.3, 0.4) is 0 Å². The lowest BCUT2D eigenvalue weighted by molar-refractivity contribution is 0.0735. The minimum absolute atomic E-state index is 0.131. The minimum atomic E-state index is 0.131. The predicted octanol–water partition coefficient (Wildman–Crippen LogP) is 3.97. The second kappa shape index (κ2) is 6.87. The quantitative estimate of drug-likeness (QED) is 0.851. The lowest BCUT2D eigenvalue weighted by atomic mass is 10.0. The van der Waals surface area contributed by atoms with Crippen LogP contribution < -0.4 is 4.90 Å². The number of hydrogen-bond acceptors (Lipinski definition) is 3. The summed E-state index contributed by atoms with van der Waals surface area (Å²) < 4.78 is 0. The van der Waals surface area contributed by atoms with E-state index in [0.29, 0.717) is 0 Å². The topological polar surface area (TPSA) is 36.4 Å². The van der Waals surface area contributed by atoms with E-state index in [1.807, 2.05) is 35.2 Å². The van der Waals surface area contributed by atoms with E-state index in [2.05, 4.69) is 24.0 Å². The molecule has 0 radical (unpaired) electrons. The van der Waals surface area contributed by atoms with Gasteiger partial charge in [0.2, 0.25) is 0 Å². The molecular formula is C21H25N3O. The zero-order chi connectivity index (χ0) is 17.2.